The van der Waals surface area contributed by atoms with Gasteiger partial charge in [0.15, 0.2) is 0 Å². The summed E-state index contributed by atoms with van der Waals surface area (Å²) in [6.45, 7) is -7.02. The molecule has 2 aromatic heterocycles. The number of thiophene rings is 1. The van der Waals surface area contributed by atoms with Crippen molar-refractivity contribution in [2.24, 2.45) is 0 Å². The molecule has 0 N–H and O–H groups in total. The van der Waals surface area contributed by atoms with Crippen LogP contribution in [0, 0.1) is 0 Å². The fourth-order valence-corrected chi connectivity index (χ4v) is 4.96. The highest BCUT2D eigenvalue weighted by molar-refractivity contribution is 9.10. The van der Waals surface area contributed by atoms with Gasteiger partial charge in [-0.1, -0.05) is 65.9 Å². The summed E-state index contributed by atoms with van der Waals surface area (Å²) in [5.41, 5.74) is -5.27. The minimum absolute atomic E-state index is 0.00466. The lowest BCUT2D eigenvalue weighted by Crippen LogP contribution is -2.26. The van der Waals surface area contributed by atoms with Gasteiger partial charge < -0.3 is 4.57 Å². The van der Waals surface area contributed by atoms with Gasteiger partial charge in [-0.25, -0.2) is 0 Å². The molecule has 126 valence electrons. The fourth-order valence-electron chi connectivity index (χ4n) is 3.53. The highest BCUT2D eigenvalue weighted by atomic mass is 79.9. The zero-order valence-corrected chi connectivity index (χ0v) is 15.1. The molecule has 1 aliphatic heterocycles. The third kappa shape index (κ3) is 1.66. The Morgan fingerprint density at radius 2 is 1.85 bits per heavy atom. The molecule has 3 heteroatoms. The molecule has 0 bridgehead atoms. The molecular weight excluding hydrogens is 402 g/mol. The van der Waals surface area contributed by atoms with E-state index in [0.29, 0.717) is 0 Å². The Kier molecular flexibility index (Phi) is 1.14. The van der Waals surface area contributed by atoms with E-state index in [1.807, 2.05) is 0 Å². The second-order valence-corrected chi connectivity index (χ2v) is 7.75. The average Bonchev–Trinajstić information content (AvgIpc) is 3.43. The van der Waals surface area contributed by atoms with Crippen LogP contribution in [0.15, 0.2) is 64.9 Å². The lowest BCUT2D eigenvalue weighted by atomic mass is 9.75. The number of halogens is 1. The Labute approximate surface area is 186 Å². The van der Waals surface area contributed by atoms with E-state index in [-0.39, 0.29) is 35.7 Å². The maximum atomic E-state index is 8.90. The number of aromatic nitrogens is 1. The molecule has 3 heterocycles. The summed E-state index contributed by atoms with van der Waals surface area (Å²) < 4.78 is 139. The monoisotopic (exact) mass is 433 g/mol. The Balaban J connectivity index is 2.12. The van der Waals surface area contributed by atoms with E-state index in [0.717, 1.165) is 11.3 Å². The van der Waals surface area contributed by atoms with E-state index in [1.165, 1.54) is 4.57 Å². The van der Waals surface area contributed by atoms with Gasteiger partial charge >= 0.3 is 0 Å². The van der Waals surface area contributed by atoms with Crippen LogP contribution >= 0.6 is 27.3 Å². The molecule has 0 radical (unpaired) electrons. The lowest BCUT2D eigenvalue weighted by Gasteiger charge is -2.34. The van der Waals surface area contributed by atoms with Gasteiger partial charge in [-0.2, -0.15) is 0 Å². The van der Waals surface area contributed by atoms with Gasteiger partial charge in [-0.3, -0.25) is 0 Å². The quantitative estimate of drug-likeness (QED) is 0.239. The van der Waals surface area contributed by atoms with E-state index in [9.17, 15) is 0 Å². The van der Waals surface area contributed by atoms with Crippen LogP contribution in [0.2, 0.25) is 0 Å². The van der Waals surface area contributed by atoms with Crippen LogP contribution < -0.4 is 0 Å². The number of hydrogen-bond acceptors (Lipinski definition) is 1. The Morgan fingerprint density at radius 1 is 1.00 bits per heavy atom. The molecule has 0 saturated heterocycles. The zero-order chi connectivity index (χ0) is 31.3. The van der Waals surface area contributed by atoms with Gasteiger partial charge in [0.1, 0.15) is 4.83 Å². The van der Waals surface area contributed by atoms with Crippen LogP contribution in [0.25, 0.3) is 36.9 Å². The molecule has 1 nitrogen and oxygen atoms in total. The van der Waals surface area contributed by atoms with Crippen molar-refractivity contribution in [3.8, 4) is 5.69 Å². The van der Waals surface area contributed by atoms with Crippen molar-refractivity contribution in [2.45, 2.75) is 19.1 Å². The summed E-state index contributed by atoms with van der Waals surface area (Å²) >= 11 is 3.86. The van der Waals surface area contributed by atoms with Crippen molar-refractivity contribution in [1.82, 2.24) is 4.57 Å². The number of hydrogen-bond donors (Lipinski definition) is 0. The smallest absolute Gasteiger partial charge is 0.109 e. The minimum atomic E-state index is -3.51. The van der Waals surface area contributed by atoms with Crippen molar-refractivity contribution in [3.05, 3.63) is 76.0 Å². The molecule has 26 heavy (non-hydrogen) atoms. The van der Waals surface area contributed by atoms with Crippen LogP contribution in [-0.2, 0) is 5.41 Å². The number of nitrogens with zero attached hydrogens (tertiary/aromatic N) is 1. The molecule has 1 aliphatic rings. The maximum absolute atomic E-state index is 8.90. The molecular formula is C23H16BrNS. The van der Waals surface area contributed by atoms with Crippen LogP contribution in [0.1, 0.15) is 46.8 Å². The summed E-state index contributed by atoms with van der Waals surface area (Å²) in [6, 6.07) is -6.23. The third-order valence-electron chi connectivity index (χ3n) is 4.58. The van der Waals surface area contributed by atoms with Crippen molar-refractivity contribution >= 4 is 58.5 Å². The molecule has 0 unspecified atom stereocenters. The van der Waals surface area contributed by atoms with Gasteiger partial charge in [-0.15, -0.1) is 11.3 Å². The fraction of sp³-hybridized carbons (Fsp3) is 0.130. The van der Waals surface area contributed by atoms with E-state index >= 15 is 0 Å². The second-order valence-electron chi connectivity index (χ2n) is 5.96. The van der Waals surface area contributed by atoms with Crippen molar-refractivity contribution in [1.29, 1.82) is 0 Å². The van der Waals surface area contributed by atoms with E-state index in [1.54, 1.807) is 0 Å². The predicted octanol–water partition coefficient (Wildman–Crippen LogP) is 7.40. The molecule has 6 rings (SSSR count). The van der Waals surface area contributed by atoms with Gasteiger partial charge in [0.25, 0.3) is 0 Å². The van der Waals surface area contributed by atoms with Crippen molar-refractivity contribution in [2.75, 3.05) is 0 Å². The standard InChI is InChI=1S/C23H16BrNS/c1-23(2)16-8-5-7-15-20-14-6-3-4-9-19(14)26-22(20)25(21(15)16)18-11-10-13(24)12-17(18)23/h3-12H,1-2H3/i1D3,2D3,3D,4D,5D,6D,7D,8D,9D,10D,11D,12D. The van der Waals surface area contributed by atoms with Crippen molar-refractivity contribution < 1.29 is 21.9 Å². The molecule has 0 saturated carbocycles. The largest absolute Gasteiger partial charge is 0.300 e. The number of para-hydroxylation sites is 1. The topological polar surface area (TPSA) is 4.93 Å². The third-order valence-corrected chi connectivity index (χ3v) is 6.06. The second kappa shape index (κ2) is 4.79. The first-order valence-electron chi connectivity index (χ1n) is 15.5. The van der Waals surface area contributed by atoms with Gasteiger partial charge in [-0.05, 0) is 35.3 Å². The number of benzene rings is 3. The van der Waals surface area contributed by atoms with E-state index < -0.39 is 96.4 Å². The molecule has 0 amide bonds. The molecule has 3 aromatic carbocycles. The van der Waals surface area contributed by atoms with Gasteiger partial charge in [0.2, 0.25) is 0 Å². The first-order valence-corrected chi connectivity index (χ1v) is 9.13. The number of fused-ring (bicyclic) bond motifs is 7. The predicted molar refractivity (Wildman–Crippen MR) is 116 cm³/mol. The molecule has 0 aliphatic carbocycles. The molecule has 0 atom stereocenters. The molecule has 5 aromatic rings. The summed E-state index contributed by atoms with van der Waals surface area (Å²) in [6.07, 6.45) is 0. The van der Waals surface area contributed by atoms with Crippen LogP contribution in [0.4, 0.5) is 0 Å². The Morgan fingerprint density at radius 3 is 2.73 bits per heavy atom. The SMILES string of the molecule is [2H]c1c([2H])c2c(c([2H])c1Br)C(C([2H])([2H])[2H])(C([2H])([2H])[2H])c1c([2H])c([2H])c([2H])c3c4c5c([2H])c([2H])c([2H])c([2H])c5sc4n-2c13. The summed E-state index contributed by atoms with van der Waals surface area (Å²) in [4.78, 5) is 0.0623. The Bertz CT molecular complexity index is 2070. The zero-order valence-electron chi connectivity index (χ0n) is 28.7. The lowest BCUT2D eigenvalue weighted by molar-refractivity contribution is 0.630. The highest BCUT2D eigenvalue weighted by Gasteiger charge is 2.35. The summed E-state index contributed by atoms with van der Waals surface area (Å²) in [5, 5.41) is -0.282. The van der Waals surface area contributed by atoms with E-state index in [4.69, 9.17) is 21.9 Å². The highest BCUT2D eigenvalue weighted by Crippen LogP contribution is 2.50. The Hall–Kier alpha value is -2.10. The summed E-state index contributed by atoms with van der Waals surface area (Å²) in [5.74, 6) is 0. The number of rotatable bonds is 0. The summed E-state index contributed by atoms with van der Waals surface area (Å²) in [7, 11) is 0. The van der Waals surface area contributed by atoms with Crippen molar-refractivity contribution in [3.63, 3.8) is 0 Å². The van der Waals surface area contributed by atoms with Crippen LogP contribution in [-0.4, -0.2) is 4.57 Å². The van der Waals surface area contributed by atoms with Crippen LogP contribution in [0.3, 0.4) is 0 Å². The van der Waals surface area contributed by atoms with Crippen LogP contribution in [0.5, 0.6) is 0 Å². The molecule has 0 fully saturated rings. The first-order chi connectivity index (χ1) is 19.2. The van der Waals surface area contributed by atoms with Gasteiger partial charge in [0.05, 0.1) is 24.9 Å². The first kappa shape index (κ1) is 6.22. The normalized spacial score (nSPS) is 24.8. The average molecular weight is 434 g/mol. The van der Waals surface area contributed by atoms with E-state index in [2.05, 4.69) is 15.9 Å². The van der Waals surface area contributed by atoms with Gasteiger partial charge in [0, 0.05) is 39.0 Å². The minimum Gasteiger partial charge on any atom is -0.300 e. The maximum Gasteiger partial charge on any atom is 0.109 e. The molecule has 0 spiro atoms.